The number of hydrogen-bond acceptors (Lipinski definition) is 4. The van der Waals surface area contributed by atoms with Gasteiger partial charge in [0.15, 0.2) is 0 Å². The monoisotopic (exact) mass is 212 g/mol. The van der Waals surface area contributed by atoms with Gasteiger partial charge in [0.1, 0.15) is 5.82 Å². The van der Waals surface area contributed by atoms with Crippen LogP contribution >= 0.6 is 11.8 Å². The summed E-state index contributed by atoms with van der Waals surface area (Å²) in [4.78, 5) is 15.4. The van der Waals surface area contributed by atoms with Crippen LogP contribution in [0.25, 0.3) is 0 Å². The molecule has 0 radical (unpaired) electrons. The molecule has 1 N–H and O–H groups in total. The summed E-state index contributed by atoms with van der Waals surface area (Å²) in [7, 11) is 0. The van der Waals surface area contributed by atoms with Gasteiger partial charge in [-0.05, 0) is 6.92 Å². The Balaban J connectivity index is 2.58. The number of aliphatic hydroxyl groups excluding tert-OH is 1. The summed E-state index contributed by atoms with van der Waals surface area (Å²) in [6.45, 7) is 2.74. The molecule has 1 aliphatic rings. The highest BCUT2D eigenvalue weighted by atomic mass is 32.2. The summed E-state index contributed by atoms with van der Waals surface area (Å²) >= 11 is 1.69. The molecular weight excluding hydrogens is 200 g/mol. The molecule has 0 saturated heterocycles. The number of thioether (sulfide) groups is 1. The quantitative estimate of drug-likeness (QED) is 0.711. The van der Waals surface area contributed by atoms with Crippen LogP contribution in [0.1, 0.15) is 11.4 Å². The maximum absolute atomic E-state index is 11.5. The minimum Gasteiger partial charge on any atom is -0.396 e. The maximum atomic E-state index is 11.5. The van der Waals surface area contributed by atoms with Crippen molar-refractivity contribution in [2.45, 2.75) is 24.9 Å². The van der Waals surface area contributed by atoms with Gasteiger partial charge in [-0.15, -0.1) is 11.8 Å². The van der Waals surface area contributed by atoms with E-state index in [1.807, 2.05) is 11.5 Å². The Morgan fingerprint density at radius 2 is 2.43 bits per heavy atom. The first-order chi connectivity index (χ1) is 6.74. The van der Waals surface area contributed by atoms with E-state index in [1.165, 1.54) is 0 Å². The average molecular weight is 212 g/mol. The van der Waals surface area contributed by atoms with E-state index >= 15 is 0 Å². The topological polar surface area (TPSA) is 55.1 Å². The molecule has 0 fully saturated rings. The van der Waals surface area contributed by atoms with E-state index < -0.39 is 0 Å². The molecular formula is C9H12N2O2S. The molecule has 0 spiro atoms. The molecule has 1 aromatic heterocycles. The summed E-state index contributed by atoms with van der Waals surface area (Å²) in [5.41, 5.74) is 0.572. The minimum atomic E-state index is -0.158. The van der Waals surface area contributed by atoms with E-state index in [0.717, 1.165) is 22.9 Å². The van der Waals surface area contributed by atoms with E-state index in [2.05, 4.69) is 4.98 Å². The smallest absolute Gasteiger partial charge is 0.276 e. The lowest BCUT2D eigenvalue weighted by Gasteiger charge is -2.10. The third-order valence-electron chi connectivity index (χ3n) is 2.32. The molecule has 0 saturated carbocycles. The van der Waals surface area contributed by atoms with Gasteiger partial charge in [0, 0.05) is 24.3 Å². The minimum absolute atomic E-state index is 0.0413. The number of aromatic nitrogens is 2. The van der Waals surface area contributed by atoms with Gasteiger partial charge < -0.3 is 9.67 Å². The Kier molecular flexibility index (Phi) is 2.60. The van der Waals surface area contributed by atoms with Crippen LogP contribution in [0.5, 0.6) is 0 Å². The normalized spacial score (nSPS) is 14.4. The molecule has 4 nitrogen and oxygen atoms in total. The van der Waals surface area contributed by atoms with Crippen molar-refractivity contribution in [3.8, 4) is 0 Å². The van der Waals surface area contributed by atoms with Gasteiger partial charge >= 0.3 is 0 Å². The highest BCUT2D eigenvalue weighted by molar-refractivity contribution is 7.99. The highest BCUT2D eigenvalue weighted by Crippen LogP contribution is 2.27. The fraction of sp³-hybridized carbons (Fsp3) is 0.556. The molecule has 14 heavy (non-hydrogen) atoms. The van der Waals surface area contributed by atoms with E-state index in [9.17, 15) is 4.79 Å². The SMILES string of the molecule is Cc1c2n(c(CCO)nc1=O)CCS2. The number of aliphatic hydroxyl groups is 1. The Morgan fingerprint density at radius 3 is 3.14 bits per heavy atom. The van der Waals surface area contributed by atoms with E-state index in [1.54, 1.807) is 11.8 Å². The van der Waals surface area contributed by atoms with Crippen molar-refractivity contribution in [1.82, 2.24) is 9.55 Å². The molecule has 0 aromatic carbocycles. The molecule has 1 aliphatic heterocycles. The first-order valence-electron chi connectivity index (χ1n) is 4.58. The van der Waals surface area contributed by atoms with Crippen molar-refractivity contribution in [3.05, 3.63) is 21.7 Å². The Hall–Kier alpha value is -0.810. The van der Waals surface area contributed by atoms with Crippen molar-refractivity contribution >= 4 is 11.8 Å². The first kappa shape index (κ1) is 9.73. The number of rotatable bonds is 2. The molecule has 2 rings (SSSR count). The van der Waals surface area contributed by atoms with E-state index in [0.29, 0.717) is 12.2 Å². The molecule has 0 atom stereocenters. The first-order valence-corrected chi connectivity index (χ1v) is 5.56. The van der Waals surface area contributed by atoms with Crippen molar-refractivity contribution in [3.63, 3.8) is 0 Å². The number of nitrogens with zero attached hydrogens (tertiary/aromatic N) is 2. The van der Waals surface area contributed by atoms with Crippen LogP contribution < -0.4 is 5.56 Å². The van der Waals surface area contributed by atoms with Crippen molar-refractivity contribution in [2.75, 3.05) is 12.4 Å². The fourth-order valence-electron chi connectivity index (χ4n) is 1.61. The molecule has 0 bridgehead atoms. The van der Waals surface area contributed by atoms with Crippen molar-refractivity contribution in [2.24, 2.45) is 0 Å². The molecule has 2 heterocycles. The summed E-state index contributed by atoms with van der Waals surface area (Å²) in [6, 6.07) is 0. The fourth-order valence-corrected chi connectivity index (χ4v) is 2.74. The van der Waals surface area contributed by atoms with Crippen LogP contribution in [0, 0.1) is 6.92 Å². The largest absolute Gasteiger partial charge is 0.396 e. The molecule has 0 amide bonds. The van der Waals surface area contributed by atoms with Crippen LogP contribution in [-0.4, -0.2) is 27.0 Å². The molecule has 0 unspecified atom stereocenters. The van der Waals surface area contributed by atoms with Crippen molar-refractivity contribution in [1.29, 1.82) is 0 Å². The Bertz CT molecular complexity index is 414. The zero-order valence-electron chi connectivity index (χ0n) is 7.99. The Labute approximate surface area is 86.0 Å². The van der Waals surface area contributed by atoms with Crippen LogP contribution in [0.15, 0.2) is 9.82 Å². The predicted octanol–water partition coefficient (Wildman–Crippen LogP) is 0.192. The molecule has 5 heteroatoms. The lowest BCUT2D eigenvalue weighted by molar-refractivity contribution is 0.293. The highest BCUT2D eigenvalue weighted by Gasteiger charge is 2.18. The van der Waals surface area contributed by atoms with Crippen LogP contribution in [-0.2, 0) is 13.0 Å². The summed E-state index contributed by atoms with van der Waals surface area (Å²) in [6.07, 6.45) is 0.461. The second kappa shape index (κ2) is 3.74. The van der Waals surface area contributed by atoms with Crippen LogP contribution in [0.2, 0.25) is 0 Å². The third kappa shape index (κ3) is 1.46. The zero-order valence-corrected chi connectivity index (χ0v) is 8.80. The lowest BCUT2D eigenvalue weighted by Crippen LogP contribution is -2.21. The Morgan fingerprint density at radius 1 is 1.64 bits per heavy atom. The van der Waals surface area contributed by atoms with Gasteiger partial charge in [0.25, 0.3) is 5.56 Å². The maximum Gasteiger partial charge on any atom is 0.276 e. The summed E-state index contributed by atoms with van der Waals surface area (Å²) in [5.74, 6) is 1.70. The lowest BCUT2D eigenvalue weighted by atomic mass is 10.3. The summed E-state index contributed by atoms with van der Waals surface area (Å²) in [5, 5.41) is 9.87. The van der Waals surface area contributed by atoms with Gasteiger partial charge in [-0.1, -0.05) is 0 Å². The van der Waals surface area contributed by atoms with Crippen LogP contribution in [0.3, 0.4) is 0 Å². The van der Waals surface area contributed by atoms with Crippen LogP contribution in [0.4, 0.5) is 0 Å². The van der Waals surface area contributed by atoms with E-state index in [4.69, 9.17) is 5.11 Å². The number of fused-ring (bicyclic) bond motifs is 1. The number of hydrogen-bond donors (Lipinski definition) is 1. The summed E-state index contributed by atoms with van der Waals surface area (Å²) < 4.78 is 2.04. The second-order valence-electron chi connectivity index (χ2n) is 3.24. The van der Waals surface area contributed by atoms with Gasteiger partial charge in [-0.2, -0.15) is 4.98 Å². The standard InChI is InChI=1S/C9H12N2O2S/c1-6-8(13)10-7(2-4-12)11-3-5-14-9(6)11/h12H,2-5H2,1H3. The van der Waals surface area contributed by atoms with Gasteiger partial charge in [0.05, 0.1) is 11.6 Å². The molecule has 0 aliphatic carbocycles. The molecule has 1 aromatic rings. The third-order valence-corrected chi connectivity index (χ3v) is 3.50. The zero-order chi connectivity index (χ0) is 10.1. The van der Waals surface area contributed by atoms with Gasteiger partial charge in [-0.3, -0.25) is 4.79 Å². The predicted molar refractivity (Wildman–Crippen MR) is 54.7 cm³/mol. The van der Waals surface area contributed by atoms with Gasteiger partial charge in [0.2, 0.25) is 0 Å². The second-order valence-corrected chi connectivity index (χ2v) is 4.32. The molecule has 76 valence electrons. The van der Waals surface area contributed by atoms with E-state index in [-0.39, 0.29) is 12.2 Å². The van der Waals surface area contributed by atoms with Gasteiger partial charge in [-0.25, -0.2) is 0 Å². The van der Waals surface area contributed by atoms with Crippen molar-refractivity contribution < 1.29 is 5.11 Å². The average Bonchev–Trinajstić information content (AvgIpc) is 2.63.